The molecule has 1 nitrogen and oxygen atoms in total. The number of hydrogen-bond acceptors (Lipinski definition) is 0. The molecule has 0 saturated heterocycles. The van der Waals surface area contributed by atoms with Gasteiger partial charge in [0.15, 0.2) is 0 Å². The third kappa shape index (κ3) is 2.46. The van der Waals surface area contributed by atoms with Crippen LogP contribution in [0.2, 0.25) is 0 Å². The van der Waals surface area contributed by atoms with Crippen LogP contribution in [0.25, 0.3) is 0 Å². The zero-order chi connectivity index (χ0) is 12.6. The van der Waals surface area contributed by atoms with Crippen LogP contribution in [0.1, 0.15) is 16.7 Å². The number of rotatable bonds is 1. The highest BCUT2D eigenvalue weighted by atomic mass is 19.4. The Morgan fingerprint density at radius 3 is 1.88 bits per heavy atom. The zero-order valence-electron chi connectivity index (χ0n) is 7.71. The highest BCUT2D eigenvalue weighted by molar-refractivity contribution is 5.39. The molecule has 0 fully saturated rings. The van der Waals surface area contributed by atoms with E-state index in [1.54, 1.807) is 0 Å². The molecule has 1 aromatic rings. The minimum atomic E-state index is -5.11. The number of nitrogens with one attached hydrogen (secondary N) is 1. The maximum atomic E-state index is 12.4. The summed E-state index contributed by atoms with van der Waals surface area (Å²) in [4.78, 5) is 0. The van der Waals surface area contributed by atoms with Gasteiger partial charge in [-0.25, -0.2) is 0 Å². The van der Waals surface area contributed by atoms with Crippen molar-refractivity contribution in [2.24, 2.45) is 0 Å². The fraction of sp³-hybridized carbons (Fsp3) is 0.333. The van der Waals surface area contributed by atoms with Gasteiger partial charge in [-0.3, -0.25) is 5.73 Å². The van der Waals surface area contributed by atoms with E-state index in [4.69, 9.17) is 5.73 Å². The topological polar surface area (TPSA) is 23.8 Å². The van der Waals surface area contributed by atoms with Gasteiger partial charge in [0.25, 0.3) is 0 Å². The number of hydrogen-bond donors (Lipinski definition) is 0. The Hall–Kier alpha value is -1.24. The van der Waals surface area contributed by atoms with E-state index >= 15 is 0 Å². The van der Waals surface area contributed by atoms with Crippen LogP contribution in [-0.2, 0) is 18.9 Å². The van der Waals surface area contributed by atoms with Crippen molar-refractivity contribution in [2.75, 3.05) is 0 Å². The highest BCUT2D eigenvalue weighted by Gasteiger charge is 2.44. The number of benzene rings is 1. The molecule has 0 atom stereocenters. The minimum Gasteiger partial charge on any atom is -0.253 e. The minimum absolute atomic E-state index is 0.363. The standard InChI is InChI=1S/C9H6F6N/c10-8(11,12)6-3-1-2-5(4-16)7(6)9(13,14)15/h1-3,16H,4H2. The Kier molecular flexibility index (Phi) is 3.18. The first-order valence-electron chi connectivity index (χ1n) is 4.09. The first-order valence-corrected chi connectivity index (χ1v) is 4.09. The van der Waals surface area contributed by atoms with E-state index in [1.165, 1.54) is 0 Å². The van der Waals surface area contributed by atoms with Gasteiger partial charge in [0.05, 0.1) is 11.1 Å². The van der Waals surface area contributed by atoms with Crippen LogP contribution in [0.3, 0.4) is 0 Å². The second-order valence-electron chi connectivity index (χ2n) is 3.01. The SMILES string of the molecule is [NH]Cc1cccc(C(F)(F)F)c1C(F)(F)F. The molecule has 0 heterocycles. The average molecular weight is 242 g/mol. The maximum absolute atomic E-state index is 12.4. The van der Waals surface area contributed by atoms with E-state index in [0.717, 1.165) is 12.1 Å². The van der Waals surface area contributed by atoms with Crippen molar-refractivity contribution in [1.82, 2.24) is 5.73 Å². The third-order valence-electron chi connectivity index (χ3n) is 1.93. The summed E-state index contributed by atoms with van der Waals surface area (Å²) < 4.78 is 74.3. The molecule has 1 rings (SSSR count). The summed E-state index contributed by atoms with van der Waals surface area (Å²) in [5.41, 5.74) is 2.61. The average Bonchev–Trinajstić information content (AvgIpc) is 2.13. The van der Waals surface area contributed by atoms with Gasteiger partial charge < -0.3 is 0 Å². The Labute approximate surface area is 86.9 Å². The summed E-state index contributed by atoms with van der Waals surface area (Å²) in [6, 6.07) is 2.09. The second kappa shape index (κ2) is 3.97. The summed E-state index contributed by atoms with van der Waals surface area (Å²) >= 11 is 0. The molecular weight excluding hydrogens is 236 g/mol. The second-order valence-corrected chi connectivity index (χ2v) is 3.01. The van der Waals surface area contributed by atoms with Crippen LogP contribution >= 0.6 is 0 Å². The molecule has 1 N–H and O–H groups in total. The molecule has 0 spiro atoms. The molecule has 16 heavy (non-hydrogen) atoms. The normalized spacial score (nSPS) is 12.9. The van der Waals surface area contributed by atoms with Crippen molar-refractivity contribution in [2.45, 2.75) is 18.9 Å². The van der Waals surface area contributed by atoms with Crippen LogP contribution in [0.5, 0.6) is 0 Å². The molecule has 7 heteroatoms. The van der Waals surface area contributed by atoms with Gasteiger partial charge in [-0.05, 0) is 11.6 Å². The van der Waals surface area contributed by atoms with E-state index in [9.17, 15) is 26.3 Å². The molecule has 0 amide bonds. The van der Waals surface area contributed by atoms with Gasteiger partial charge in [0.1, 0.15) is 0 Å². The highest BCUT2D eigenvalue weighted by Crippen LogP contribution is 2.41. The summed E-state index contributed by atoms with van der Waals surface area (Å²) in [6.45, 7) is -0.848. The summed E-state index contributed by atoms with van der Waals surface area (Å²) in [5.74, 6) is 0. The van der Waals surface area contributed by atoms with Crippen LogP contribution < -0.4 is 5.73 Å². The molecule has 89 valence electrons. The van der Waals surface area contributed by atoms with E-state index in [-0.39, 0.29) is 0 Å². The molecule has 0 aliphatic heterocycles. The monoisotopic (exact) mass is 242 g/mol. The Morgan fingerprint density at radius 1 is 0.938 bits per heavy atom. The van der Waals surface area contributed by atoms with E-state index < -0.39 is 35.6 Å². The van der Waals surface area contributed by atoms with Crippen molar-refractivity contribution in [3.8, 4) is 0 Å². The summed E-state index contributed by atoms with van der Waals surface area (Å²) in [7, 11) is 0. The third-order valence-corrected chi connectivity index (χ3v) is 1.93. The fourth-order valence-corrected chi connectivity index (χ4v) is 1.32. The zero-order valence-corrected chi connectivity index (χ0v) is 7.71. The lowest BCUT2D eigenvalue weighted by Crippen LogP contribution is -2.19. The molecule has 0 saturated carbocycles. The van der Waals surface area contributed by atoms with Gasteiger partial charge in [0.2, 0.25) is 0 Å². The van der Waals surface area contributed by atoms with Crippen molar-refractivity contribution >= 4 is 0 Å². The Morgan fingerprint density at radius 2 is 1.50 bits per heavy atom. The van der Waals surface area contributed by atoms with Crippen molar-refractivity contribution in [3.05, 3.63) is 34.9 Å². The van der Waals surface area contributed by atoms with Gasteiger partial charge >= 0.3 is 12.4 Å². The largest absolute Gasteiger partial charge is 0.417 e. The van der Waals surface area contributed by atoms with Gasteiger partial charge in [-0.1, -0.05) is 12.1 Å². The van der Waals surface area contributed by atoms with E-state index in [2.05, 4.69) is 0 Å². The number of halogens is 6. The van der Waals surface area contributed by atoms with Crippen molar-refractivity contribution in [1.29, 1.82) is 0 Å². The molecule has 0 aliphatic rings. The van der Waals surface area contributed by atoms with Gasteiger partial charge in [-0.2, -0.15) is 26.3 Å². The van der Waals surface area contributed by atoms with Crippen LogP contribution in [0.4, 0.5) is 26.3 Å². The lowest BCUT2D eigenvalue weighted by Gasteiger charge is -2.18. The van der Waals surface area contributed by atoms with Crippen molar-refractivity contribution < 1.29 is 26.3 Å². The van der Waals surface area contributed by atoms with Crippen LogP contribution in [0.15, 0.2) is 18.2 Å². The molecule has 1 aromatic carbocycles. The Bertz CT molecular complexity index is 379. The molecule has 1 radical (unpaired) electrons. The molecule has 0 bridgehead atoms. The smallest absolute Gasteiger partial charge is 0.253 e. The van der Waals surface area contributed by atoms with E-state index in [0.29, 0.717) is 6.07 Å². The van der Waals surface area contributed by atoms with Gasteiger partial charge in [-0.15, -0.1) is 0 Å². The Balaban J connectivity index is 3.51. The fourth-order valence-electron chi connectivity index (χ4n) is 1.32. The van der Waals surface area contributed by atoms with Gasteiger partial charge in [0, 0.05) is 6.54 Å². The maximum Gasteiger partial charge on any atom is 0.417 e. The molecule has 0 unspecified atom stereocenters. The van der Waals surface area contributed by atoms with Crippen LogP contribution in [-0.4, -0.2) is 0 Å². The predicted molar refractivity (Wildman–Crippen MR) is 43.2 cm³/mol. The summed E-state index contributed by atoms with van der Waals surface area (Å²) in [6.07, 6.45) is -10.2. The van der Waals surface area contributed by atoms with Crippen LogP contribution in [0, 0.1) is 0 Å². The molecule has 0 aromatic heterocycles. The number of alkyl halides is 6. The van der Waals surface area contributed by atoms with E-state index in [1.807, 2.05) is 0 Å². The first-order chi connectivity index (χ1) is 7.18. The quantitative estimate of drug-likeness (QED) is 0.673. The van der Waals surface area contributed by atoms with Crippen molar-refractivity contribution in [3.63, 3.8) is 0 Å². The predicted octanol–water partition coefficient (Wildman–Crippen LogP) is 3.51. The lowest BCUT2D eigenvalue weighted by molar-refractivity contribution is -0.162. The molecular formula is C9H6F6N. The molecule has 0 aliphatic carbocycles. The first kappa shape index (κ1) is 12.8. The lowest BCUT2D eigenvalue weighted by atomic mass is 10.00. The summed E-state index contributed by atoms with van der Waals surface area (Å²) in [5, 5.41) is 0.